The van der Waals surface area contributed by atoms with Crippen LogP contribution in [-0.4, -0.2) is 22.7 Å². The van der Waals surface area contributed by atoms with Crippen molar-refractivity contribution < 1.29 is 14.2 Å². The van der Waals surface area contributed by atoms with E-state index in [-0.39, 0.29) is 11.8 Å². The molecule has 0 atom stereocenters. The van der Waals surface area contributed by atoms with Crippen LogP contribution in [0.1, 0.15) is 42.7 Å². The van der Waals surface area contributed by atoms with Gasteiger partial charge in [0.25, 0.3) is 11.6 Å². The first kappa shape index (κ1) is 12.5. The first-order chi connectivity index (χ1) is 8.63. The Morgan fingerprint density at radius 2 is 2.33 bits per heavy atom. The van der Waals surface area contributed by atoms with Crippen LogP contribution in [0, 0.1) is 0 Å². The third-order valence-electron chi connectivity index (χ3n) is 2.48. The lowest BCUT2D eigenvalue weighted by Gasteiger charge is -2.03. The number of carbonyl (C=O) groups excluding carboxylic acids is 1. The molecule has 6 nitrogen and oxygen atoms in total. The van der Waals surface area contributed by atoms with Gasteiger partial charge < -0.3 is 4.52 Å². The van der Waals surface area contributed by atoms with E-state index in [9.17, 15) is 4.79 Å². The number of carbonyl (C=O) groups is 1. The van der Waals surface area contributed by atoms with Crippen LogP contribution in [0.3, 0.4) is 0 Å². The van der Waals surface area contributed by atoms with Crippen molar-refractivity contribution in [1.82, 2.24) is 15.6 Å². The summed E-state index contributed by atoms with van der Waals surface area (Å²) in [4.78, 5) is 20.6. The van der Waals surface area contributed by atoms with Gasteiger partial charge in [-0.25, -0.2) is 10.5 Å². The van der Waals surface area contributed by atoms with E-state index in [1.807, 2.05) is 13.8 Å². The van der Waals surface area contributed by atoms with Gasteiger partial charge in [0.05, 0.1) is 23.3 Å². The fraction of sp³-hybridized carbons (Fsp3) is 0.417. The van der Waals surface area contributed by atoms with E-state index in [1.165, 1.54) is 6.20 Å². The Bertz CT molecular complexity index is 563. The molecule has 0 spiro atoms. The predicted octanol–water partition coefficient (Wildman–Crippen LogP) is 2.03. The lowest BCUT2D eigenvalue weighted by molar-refractivity contribution is 0.0364. The number of aromatic nitrogens is 2. The largest absolute Gasteiger partial charge is 0.336 e. The number of fused-ring (bicyclic) bond motifs is 1. The molecule has 0 aliphatic carbocycles. The van der Waals surface area contributed by atoms with Gasteiger partial charge >= 0.3 is 0 Å². The number of hydroxylamine groups is 1. The van der Waals surface area contributed by atoms with Crippen LogP contribution in [0.25, 0.3) is 11.1 Å². The van der Waals surface area contributed by atoms with E-state index in [4.69, 9.17) is 9.36 Å². The average Bonchev–Trinajstić information content (AvgIpc) is 2.78. The Morgan fingerprint density at radius 1 is 1.56 bits per heavy atom. The summed E-state index contributed by atoms with van der Waals surface area (Å²) in [7, 11) is 0. The normalized spacial score (nSPS) is 11.1. The van der Waals surface area contributed by atoms with Gasteiger partial charge in [0.2, 0.25) is 0 Å². The van der Waals surface area contributed by atoms with Crippen LogP contribution in [0.4, 0.5) is 0 Å². The number of pyridine rings is 1. The van der Waals surface area contributed by atoms with Crippen molar-refractivity contribution in [1.29, 1.82) is 0 Å². The molecule has 0 saturated heterocycles. The fourth-order valence-electron chi connectivity index (χ4n) is 1.59. The number of hydrogen-bond acceptors (Lipinski definition) is 5. The number of hydrogen-bond donors (Lipinski definition) is 1. The third kappa shape index (κ3) is 2.33. The van der Waals surface area contributed by atoms with Crippen LogP contribution < -0.4 is 5.48 Å². The molecule has 1 N–H and O–H groups in total. The van der Waals surface area contributed by atoms with Crippen LogP contribution >= 0.6 is 0 Å². The van der Waals surface area contributed by atoms with Crippen LogP contribution in [0.2, 0.25) is 0 Å². The van der Waals surface area contributed by atoms with E-state index in [1.54, 1.807) is 13.0 Å². The Kier molecular flexibility index (Phi) is 3.57. The van der Waals surface area contributed by atoms with Crippen molar-refractivity contribution in [3.05, 3.63) is 23.5 Å². The SMILES string of the molecule is CCONC(=O)c1cnc2onc(C(C)C)c2c1. The lowest BCUT2D eigenvalue weighted by Crippen LogP contribution is -2.23. The highest BCUT2D eigenvalue weighted by atomic mass is 16.6. The molecule has 6 heteroatoms. The molecule has 0 aliphatic rings. The summed E-state index contributed by atoms with van der Waals surface area (Å²) in [5, 5.41) is 4.72. The van der Waals surface area contributed by atoms with Crippen molar-refractivity contribution in [2.45, 2.75) is 26.7 Å². The molecule has 0 fully saturated rings. The molecular weight excluding hydrogens is 234 g/mol. The van der Waals surface area contributed by atoms with Gasteiger partial charge in [-0.05, 0) is 18.9 Å². The van der Waals surface area contributed by atoms with Gasteiger partial charge in [0.1, 0.15) is 0 Å². The Morgan fingerprint density at radius 3 is 3.00 bits per heavy atom. The van der Waals surface area contributed by atoms with E-state index >= 15 is 0 Å². The van der Waals surface area contributed by atoms with Gasteiger partial charge in [-0.3, -0.25) is 9.63 Å². The molecule has 0 radical (unpaired) electrons. The van der Waals surface area contributed by atoms with Gasteiger partial charge in [-0.1, -0.05) is 19.0 Å². The molecule has 18 heavy (non-hydrogen) atoms. The highest BCUT2D eigenvalue weighted by Crippen LogP contribution is 2.23. The predicted molar refractivity (Wildman–Crippen MR) is 65.0 cm³/mol. The summed E-state index contributed by atoms with van der Waals surface area (Å²) in [5.41, 5.74) is 3.97. The second kappa shape index (κ2) is 5.14. The Hall–Kier alpha value is -1.95. The molecule has 0 unspecified atom stereocenters. The average molecular weight is 249 g/mol. The molecular formula is C12H15N3O3. The van der Waals surface area contributed by atoms with E-state index in [2.05, 4.69) is 15.6 Å². The zero-order valence-corrected chi connectivity index (χ0v) is 10.6. The van der Waals surface area contributed by atoms with Gasteiger partial charge in [0, 0.05) is 6.20 Å². The number of rotatable bonds is 4. The minimum atomic E-state index is -0.331. The maximum atomic E-state index is 11.7. The van der Waals surface area contributed by atoms with E-state index in [0.29, 0.717) is 17.9 Å². The molecule has 0 aliphatic heterocycles. The monoisotopic (exact) mass is 249 g/mol. The maximum absolute atomic E-state index is 11.7. The van der Waals surface area contributed by atoms with Crippen molar-refractivity contribution in [2.24, 2.45) is 0 Å². The number of nitrogens with one attached hydrogen (secondary N) is 1. The van der Waals surface area contributed by atoms with Crippen molar-refractivity contribution >= 4 is 17.0 Å². The third-order valence-corrected chi connectivity index (χ3v) is 2.48. The van der Waals surface area contributed by atoms with Crippen molar-refractivity contribution in [2.75, 3.05) is 6.61 Å². The second-order valence-electron chi connectivity index (χ2n) is 4.16. The quantitative estimate of drug-likeness (QED) is 0.839. The first-order valence-corrected chi connectivity index (χ1v) is 5.81. The second-order valence-corrected chi connectivity index (χ2v) is 4.16. The summed E-state index contributed by atoms with van der Waals surface area (Å²) in [6.45, 7) is 6.21. The lowest BCUT2D eigenvalue weighted by atomic mass is 10.1. The topological polar surface area (TPSA) is 77.2 Å². The van der Waals surface area contributed by atoms with Crippen molar-refractivity contribution in [3.63, 3.8) is 0 Å². The summed E-state index contributed by atoms with van der Waals surface area (Å²) >= 11 is 0. The molecule has 96 valence electrons. The highest BCUT2D eigenvalue weighted by molar-refractivity contribution is 5.96. The summed E-state index contributed by atoms with van der Waals surface area (Å²) < 4.78 is 5.10. The molecule has 1 amide bonds. The molecule has 2 aromatic rings. The Labute approximate surface area is 104 Å². The number of nitrogens with zero attached hydrogens (tertiary/aromatic N) is 2. The van der Waals surface area contributed by atoms with E-state index < -0.39 is 0 Å². The van der Waals surface area contributed by atoms with Gasteiger partial charge in [0.15, 0.2) is 0 Å². The zero-order chi connectivity index (χ0) is 13.1. The molecule has 2 heterocycles. The fourth-order valence-corrected chi connectivity index (χ4v) is 1.59. The smallest absolute Gasteiger partial charge is 0.276 e. The maximum Gasteiger partial charge on any atom is 0.276 e. The van der Waals surface area contributed by atoms with Crippen LogP contribution in [0.5, 0.6) is 0 Å². The summed E-state index contributed by atoms with van der Waals surface area (Å²) in [6, 6.07) is 1.71. The highest BCUT2D eigenvalue weighted by Gasteiger charge is 2.15. The van der Waals surface area contributed by atoms with E-state index in [0.717, 1.165) is 11.1 Å². The summed E-state index contributed by atoms with van der Waals surface area (Å²) in [5.74, 6) is -0.125. The molecule has 2 rings (SSSR count). The van der Waals surface area contributed by atoms with Crippen LogP contribution in [0.15, 0.2) is 16.8 Å². The molecule has 0 bridgehead atoms. The van der Waals surface area contributed by atoms with Crippen molar-refractivity contribution in [3.8, 4) is 0 Å². The molecule has 0 saturated carbocycles. The first-order valence-electron chi connectivity index (χ1n) is 5.81. The minimum absolute atomic E-state index is 0.207. The van der Waals surface area contributed by atoms with Crippen LogP contribution in [-0.2, 0) is 4.84 Å². The Balaban J connectivity index is 2.36. The molecule has 2 aromatic heterocycles. The minimum Gasteiger partial charge on any atom is -0.336 e. The van der Waals surface area contributed by atoms with Gasteiger partial charge in [-0.2, -0.15) is 0 Å². The van der Waals surface area contributed by atoms with Gasteiger partial charge in [-0.15, -0.1) is 0 Å². The summed E-state index contributed by atoms with van der Waals surface area (Å²) in [6.07, 6.45) is 1.44. The number of amides is 1. The molecule has 0 aromatic carbocycles. The zero-order valence-electron chi connectivity index (χ0n) is 10.6. The standard InChI is InChI=1S/C12H15N3O3/c1-4-17-15-11(16)8-5-9-10(7(2)3)14-18-12(9)13-6-8/h5-7H,4H2,1-3H3,(H,15,16).